The van der Waals surface area contributed by atoms with Crippen LogP contribution in [-0.2, 0) is 14.9 Å². The largest absolute Gasteiger partial charge is 0.386 e. The first-order valence-electron chi connectivity index (χ1n) is 13.3. The number of hydrogen-bond acceptors (Lipinski definition) is 3. The molecule has 0 saturated heterocycles. The average molecular weight is 464 g/mol. The quantitative estimate of drug-likeness (QED) is 0.394. The molecule has 3 aliphatic rings. The molecule has 5 unspecified atom stereocenters. The summed E-state index contributed by atoms with van der Waals surface area (Å²) in [6.45, 7) is 16.7. The molecule has 1 fully saturated rings. The molecule has 0 radical (unpaired) electrons. The van der Waals surface area contributed by atoms with Crippen LogP contribution in [0, 0.1) is 5.92 Å². The van der Waals surface area contributed by atoms with Crippen LogP contribution in [0.2, 0.25) is 0 Å². The van der Waals surface area contributed by atoms with Crippen molar-refractivity contribution in [1.82, 2.24) is 5.32 Å². The molecule has 1 saturated carbocycles. The molecular weight excluding hydrogens is 418 g/mol. The molecule has 0 bridgehead atoms. The average Bonchev–Trinajstić information content (AvgIpc) is 3.38. The van der Waals surface area contributed by atoms with Crippen LogP contribution in [0.4, 0.5) is 0 Å². The van der Waals surface area contributed by atoms with E-state index in [9.17, 15) is 0 Å². The SMILES string of the molecule is C=C(NC1CCC(c2ccc3c(c2)C(C)(C)C(=C)C3CCOC)C1)C1C=C(CC)CC(OC)C1. The second kappa shape index (κ2) is 10.4. The number of allylic oxidation sites excluding steroid dienone is 2. The number of methoxy groups -OCH3 is 2. The maximum atomic E-state index is 5.72. The molecule has 0 aromatic heterocycles. The molecule has 34 heavy (non-hydrogen) atoms. The van der Waals surface area contributed by atoms with E-state index in [0.717, 1.165) is 32.3 Å². The lowest BCUT2D eigenvalue weighted by Gasteiger charge is -2.30. The molecule has 1 N–H and O–H groups in total. The van der Waals surface area contributed by atoms with Crippen molar-refractivity contribution in [1.29, 1.82) is 0 Å². The summed E-state index contributed by atoms with van der Waals surface area (Å²) in [5.74, 6) is 1.40. The van der Waals surface area contributed by atoms with Crippen molar-refractivity contribution in [3.8, 4) is 0 Å². The summed E-state index contributed by atoms with van der Waals surface area (Å²) in [6, 6.07) is 7.77. The van der Waals surface area contributed by atoms with Gasteiger partial charge in [0.15, 0.2) is 0 Å². The van der Waals surface area contributed by atoms with E-state index in [0.29, 0.717) is 29.9 Å². The Kier molecular flexibility index (Phi) is 7.74. The second-order valence-electron chi connectivity index (χ2n) is 11.3. The van der Waals surface area contributed by atoms with Gasteiger partial charge >= 0.3 is 0 Å². The van der Waals surface area contributed by atoms with Crippen molar-refractivity contribution < 1.29 is 9.47 Å². The van der Waals surface area contributed by atoms with Gasteiger partial charge in [-0.2, -0.15) is 0 Å². The molecular formula is C31H45NO2. The van der Waals surface area contributed by atoms with Gasteiger partial charge in [-0.15, -0.1) is 0 Å². The molecule has 0 aliphatic heterocycles. The van der Waals surface area contributed by atoms with Crippen LogP contribution in [0.25, 0.3) is 0 Å². The van der Waals surface area contributed by atoms with Gasteiger partial charge < -0.3 is 14.8 Å². The zero-order chi connectivity index (χ0) is 24.5. The molecule has 186 valence electrons. The Morgan fingerprint density at radius 2 is 1.97 bits per heavy atom. The van der Waals surface area contributed by atoms with Crippen molar-refractivity contribution in [2.45, 2.75) is 95.1 Å². The minimum absolute atomic E-state index is 0.0243. The van der Waals surface area contributed by atoms with Gasteiger partial charge in [0.1, 0.15) is 0 Å². The van der Waals surface area contributed by atoms with Crippen LogP contribution in [0.5, 0.6) is 0 Å². The maximum Gasteiger partial charge on any atom is 0.0617 e. The molecule has 3 nitrogen and oxygen atoms in total. The highest BCUT2D eigenvalue weighted by Crippen LogP contribution is 2.51. The van der Waals surface area contributed by atoms with Gasteiger partial charge in [0, 0.05) is 49.8 Å². The van der Waals surface area contributed by atoms with E-state index in [1.165, 1.54) is 52.8 Å². The van der Waals surface area contributed by atoms with Crippen molar-refractivity contribution in [2.24, 2.45) is 5.92 Å². The topological polar surface area (TPSA) is 30.5 Å². The fourth-order valence-electron chi connectivity index (χ4n) is 6.58. The van der Waals surface area contributed by atoms with Gasteiger partial charge in [-0.25, -0.2) is 0 Å². The summed E-state index contributed by atoms with van der Waals surface area (Å²) in [7, 11) is 3.63. The van der Waals surface area contributed by atoms with Crippen LogP contribution >= 0.6 is 0 Å². The Labute approximate surface area is 207 Å². The smallest absolute Gasteiger partial charge is 0.0617 e. The molecule has 1 aromatic rings. The van der Waals surface area contributed by atoms with E-state index in [1.54, 1.807) is 7.11 Å². The van der Waals surface area contributed by atoms with Crippen molar-refractivity contribution in [3.63, 3.8) is 0 Å². The van der Waals surface area contributed by atoms with Crippen LogP contribution in [0.3, 0.4) is 0 Å². The van der Waals surface area contributed by atoms with E-state index in [-0.39, 0.29) is 5.41 Å². The van der Waals surface area contributed by atoms with Gasteiger partial charge in [-0.1, -0.05) is 69.4 Å². The van der Waals surface area contributed by atoms with Crippen LogP contribution in [0.1, 0.15) is 94.2 Å². The minimum atomic E-state index is 0.0243. The van der Waals surface area contributed by atoms with Gasteiger partial charge in [0.05, 0.1) is 6.10 Å². The number of rotatable bonds is 9. The molecule has 1 aromatic carbocycles. The number of benzene rings is 1. The van der Waals surface area contributed by atoms with Crippen LogP contribution in [-0.4, -0.2) is 33.0 Å². The van der Waals surface area contributed by atoms with Crippen molar-refractivity contribution >= 4 is 0 Å². The number of ether oxygens (including phenoxy) is 2. The summed E-state index contributed by atoms with van der Waals surface area (Å²) in [4.78, 5) is 0. The number of hydrogen-bond donors (Lipinski definition) is 1. The number of fused-ring (bicyclic) bond motifs is 1. The highest BCUT2D eigenvalue weighted by Gasteiger charge is 2.40. The van der Waals surface area contributed by atoms with E-state index >= 15 is 0 Å². The number of nitrogens with one attached hydrogen (secondary N) is 1. The first kappa shape index (κ1) is 25.3. The maximum absolute atomic E-state index is 5.72. The fourth-order valence-corrected chi connectivity index (χ4v) is 6.58. The minimum Gasteiger partial charge on any atom is -0.386 e. The van der Waals surface area contributed by atoms with Gasteiger partial charge in [-0.3, -0.25) is 0 Å². The van der Waals surface area contributed by atoms with Crippen molar-refractivity contribution in [2.75, 3.05) is 20.8 Å². The monoisotopic (exact) mass is 463 g/mol. The Bertz CT molecular complexity index is 943. The van der Waals surface area contributed by atoms with Gasteiger partial charge in [-0.05, 0) is 67.6 Å². The van der Waals surface area contributed by atoms with Crippen LogP contribution in [0.15, 0.2) is 54.3 Å². The highest BCUT2D eigenvalue weighted by atomic mass is 16.5. The zero-order valence-corrected chi connectivity index (χ0v) is 22.1. The van der Waals surface area contributed by atoms with Gasteiger partial charge in [0.25, 0.3) is 0 Å². The lowest BCUT2D eigenvalue weighted by molar-refractivity contribution is 0.0826. The second-order valence-corrected chi connectivity index (χ2v) is 11.3. The Hall–Kier alpha value is -1.84. The molecule has 0 spiro atoms. The standard InChI is InChI=1S/C31H45NO2/c1-8-22-15-25(18-27(16-22)34-7)21(3)32-26-11-9-23(17-26)24-10-12-29-28(13-14-33-6)20(2)31(4,5)30(29)19-24/h10,12,15,19,23,25-28,32H,2-3,8-9,11,13-14,16-18H2,1,4-7H3. The molecule has 0 amide bonds. The zero-order valence-electron chi connectivity index (χ0n) is 22.1. The molecule has 3 aliphatic carbocycles. The first-order valence-corrected chi connectivity index (χ1v) is 13.3. The highest BCUT2D eigenvalue weighted by molar-refractivity contribution is 5.54. The molecule has 3 heteroatoms. The lowest BCUT2D eigenvalue weighted by atomic mass is 9.81. The van der Waals surface area contributed by atoms with Crippen molar-refractivity contribution in [3.05, 3.63) is 71.0 Å². The summed E-state index contributed by atoms with van der Waals surface area (Å²) in [5, 5.41) is 3.82. The predicted octanol–water partition coefficient (Wildman–Crippen LogP) is 7.15. The first-order chi connectivity index (χ1) is 16.3. The molecule has 5 atom stereocenters. The van der Waals surface area contributed by atoms with Crippen LogP contribution < -0.4 is 5.32 Å². The van der Waals surface area contributed by atoms with E-state index in [4.69, 9.17) is 9.47 Å². The molecule has 0 heterocycles. The van der Waals surface area contributed by atoms with E-state index < -0.39 is 0 Å². The Balaban J connectivity index is 1.43. The van der Waals surface area contributed by atoms with E-state index in [1.807, 2.05) is 7.11 Å². The predicted molar refractivity (Wildman–Crippen MR) is 142 cm³/mol. The third-order valence-corrected chi connectivity index (χ3v) is 8.93. The third kappa shape index (κ3) is 4.93. The summed E-state index contributed by atoms with van der Waals surface area (Å²) in [5.41, 5.74) is 8.46. The van der Waals surface area contributed by atoms with Gasteiger partial charge in [0.2, 0.25) is 0 Å². The Morgan fingerprint density at radius 1 is 1.18 bits per heavy atom. The normalized spacial score (nSPS) is 30.2. The summed E-state index contributed by atoms with van der Waals surface area (Å²) in [6.07, 6.45) is 10.6. The summed E-state index contributed by atoms with van der Waals surface area (Å²) >= 11 is 0. The lowest BCUT2D eigenvalue weighted by Crippen LogP contribution is -2.32. The van der Waals surface area contributed by atoms with E-state index in [2.05, 4.69) is 63.5 Å². The third-order valence-electron chi connectivity index (χ3n) is 8.93. The fraction of sp³-hybridized carbons (Fsp3) is 0.613. The molecule has 4 rings (SSSR count). The Morgan fingerprint density at radius 3 is 2.68 bits per heavy atom. The summed E-state index contributed by atoms with van der Waals surface area (Å²) < 4.78 is 11.1.